The summed E-state index contributed by atoms with van der Waals surface area (Å²) >= 11 is 0. The molecule has 4 atom stereocenters. The standard InChI is InChI=1S/C17H16O5/c1-4-15(12-8-6-5-7-9-12)11(3)22-17(21)14(20)16(17,10(2)18)13(15)19/h4-9,11,21H,1H2,2-3H3. The first-order valence-corrected chi connectivity index (χ1v) is 7.00. The maximum atomic E-state index is 13.2. The molecule has 1 aromatic carbocycles. The number of ketones is 3. The fourth-order valence-electron chi connectivity index (χ4n) is 3.60. The molecule has 0 bridgehead atoms. The number of hydrogen-bond donors (Lipinski definition) is 1. The highest BCUT2D eigenvalue weighted by Gasteiger charge is 2.91. The Morgan fingerprint density at radius 1 is 1.27 bits per heavy atom. The van der Waals surface area contributed by atoms with E-state index in [0.717, 1.165) is 6.92 Å². The Morgan fingerprint density at radius 2 is 1.86 bits per heavy atom. The highest BCUT2D eigenvalue weighted by molar-refractivity contribution is 6.41. The molecule has 114 valence electrons. The molecule has 0 aromatic heterocycles. The van der Waals surface area contributed by atoms with Gasteiger partial charge in [-0.05, 0) is 19.4 Å². The first-order chi connectivity index (χ1) is 10.3. The lowest BCUT2D eigenvalue weighted by Crippen LogP contribution is -2.58. The monoisotopic (exact) mass is 300 g/mol. The van der Waals surface area contributed by atoms with Gasteiger partial charge in [0.15, 0.2) is 11.6 Å². The van der Waals surface area contributed by atoms with Crippen LogP contribution in [-0.4, -0.2) is 34.3 Å². The van der Waals surface area contributed by atoms with E-state index < -0.39 is 40.1 Å². The quantitative estimate of drug-likeness (QED) is 0.664. The molecule has 2 aliphatic rings. The maximum Gasteiger partial charge on any atom is 0.256 e. The summed E-state index contributed by atoms with van der Waals surface area (Å²) in [5, 5.41) is 10.3. The van der Waals surface area contributed by atoms with Gasteiger partial charge in [0.2, 0.25) is 11.2 Å². The molecule has 0 spiro atoms. The van der Waals surface area contributed by atoms with Gasteiger partial charge in [0.05, 0.1) is 11.5 Å². The third kappa shape index (κ3) is 1.29. The smallest absolute Gasteiger partial charge is 0.256 e. The lowest BCUT2D eigenvalue weighted by Gasteiger charge is -2.42. The van der Waals surface area contributed by atoms with E-state index in [0.29, 0.717) is 5.56 Å². The van der Waals surface area contributed by atoms with Crippen LogP contribution in [0.15, 0.2) is 43.0 Å². The number of hydrogen-bond acceptors (Lipinski definition) is 5. The van der Waals surface area contributed by atoms with E-state index in [2.05, 4.69) is 6.58 Å². The molecule has 1 saturated carbocycles. The van der Waals surface area contributed by atoms with Crippen LogP contribution in [-0.2, 0) is 24.5 Å². The normalized spacial score (nSPS) is 40.0. The van der Waals surface area contributed by atoms with Gasteiger partial charge in [-0.25, -0.2) is 0 Å². The van der Waals surface area contributed by atoms with Crippen LogP contribution >= 0.6 is 0 Å². The summed E-state index contributed by atoms with van der Waals surface area (Å²) in [7, 11) is 0. The van der Waals surface area contributed by atoms with Crippen LogP contribution in [0.4, 0.5) is 0 Å². The Kier molecular flexibility index (Phi) is 2.84. The van der Waals surface area contributed by atoms with Gasteiger partial charge in [-0.15, -0.1) is 6.58 Å². The highest BCUT2D eigenvalue weighted by Crippen LogP contribution is 2.62. The lowest BCUT2D eigenvalue weighted by molar-refractivity contribution is -0.213. The van der Waals surface area contributed by atoms with Crippen LogP contribution in [0, 0.1) is 5.41 Å². The van der Waals surface area contributed by atoms with Crippen molar-refractivity contribution in [2.75, 3.05) is 0 Å². The van der Waals surface area contributed by atoms with Crippen molar-refractivity contribution >= 4 is 17.3 Å². The van der Waals surface area contributed by atoms with E-state index in [-0.39, 0.29) is 0 Å². The number of fused-ring (bicyclic) bond motifs is 1. The van der Waals surface area contributed by atoms with Crippen molar-refractivity contribution in [1.82, 2.24) is 0 Å². The summed E-state index contributed by atoms with van der Waals surface area (Å²) in [5.74, 6) is -4.60. The third-order valence-corrected chi connectivity index (χ3v) is 4.90. The highest BCUT2D eigenvalue weighted by atomic mass is 16.7. The third-order valence-electron chi connectivity index (χ3n) is 4.90. The molecule has 5 nitrogen and oxygen atoms in total. The second kappa shape index (κ2) is 4.21. The molecule has 0 amide bonds. The van der Waals surface area contributed by atoms with Crippen molar-refractivity contribution in [1.29, 1.82) is 0 Å². The summed E-state index contributed by atoms with van der Waals surface area (Å²) in [4.78, 5) is 37.3. The molecule has 1 aliphatic heterocycles. The predicted octanol–water partition coefficient (Wildman–Crippen LogP) is 0.945. The topological polar surface area (TPSA) is 80.7 Å². The summed E-state index contributed by atoms with van der Waals surface area (Å²) in [5.41, 5.74) is -2.92. The van der Waals surface area contributed by atoms with Crippen molar-refractivity contribution in [3.05, 3.63) is 48.6 Å². The average molecular weight is 300 g/mol. The van der Waals surface area contributed by atoms with E-state index in [4.69, 9.17) is 4.74 Å². The van der Waals surface area contributed by atoms with E-state index in [1.54, 1.807) is 37.3 Å². The predicted molar refractivity (Wildman–Crippen MR) is 76.9 cm³/mol. The first kappa shape index (κ1) is 14.8. The molecule has 1 aliphatic carbocycles. The molecule has 1 N–H and O–H groups in total. The Bertz CT molecular complexity index is 709. The van der Waals surface area contributed by atoms with E-state index in [1.807, 2.05) is 0 Å². The lowest BCUT2D eigenvalue weighted by atomic mass is 9.65. The van der Waals surface area contributed by atoms with E-state index in [9.17, 15) is 19.5 Å². The molecule has 1 saturated heterocycles. The van der Waals surface area contributed by atoms with Gasteiger partial charge in [-0.3, -0.25) is 14.4 Å². The first-order valence-electron chi connectivity index (χ1n) is 7.00. The van der Waals surface area contributed by atoms with Gasteiger partial charge in [0.1, 0.15) is 0 Å². The summed E-state index contributed by atoms with van der Waals surface area (Å²) in [6.45, 7) is 6.42. The summed E-state index contributed by atoms with van der Waals surface area (Å²) < 4.78 is 5.45. The molecule has 1 aromatic rings. The number of benzene rings is 1. The van der Waals surface area contributed by atoms with Crippen LogP contribution in [0.5, 0.6) is 0 Å². The fourth-order valence-corrected chi connectivity index (χ4v) is 3.60. The molecular weight excluding hydrogens is 284 g/mol. The number of aliphatic hydroxyl groups is 1. The number of rotatable bonds is 3. The fraction of sp³-hybridized carbons (Fsp3) is 0.353. The molecule has 3 rings (SSSR count). The van der Waals surface area contributed by atoms with Crippen LogP contribution in [0.3, 0.4) is 0 Å². The zero-order valence-electron chi connectivity index (χ0n) is 12.3. The number of Topliss-reactive ketones (excluding diaryl/α,β-unsaturated/α-hetero) is 3. The molecule has 5 heteroatoms. The van der Waals surface area contributed by atoms with Gasteiger partial charge in [-0.2, -0.15) is 0 Å². The summed E-state index contributed by atoms with van der Waals surface area (Å²) in [6, 6.07) is 8.71. The Hall–Kier alpha value is -2.11. The molecule has 0 radical (unpaired) electrons. The van der Waals surface area contributed by atoms with Crippen molar-refractivity contribution in [3.63, 3.8) is 0 Å². The SMILES string of the molecule is C=CC1(c2ccccc2)C(=O)C2(C(C)=O)C(=O)C2(O)OC1C. The van der Waals surface area contributed by atoms with Crippen LogP contribution in [0.1, 0.15) is 19.4 Å². The molecular formula is C17H16O5. The molecule has 1 heterocycles. The molecule has 4 unspecified atom stereocenters. The molecule has 22 heavy (non-hydrogen) atoms. The zero-order chi connectivity index (χ0) is 16.3. The maximum absolute atomic E-state index is 13.2. The zero-order valence-corrected chi connectivity index (χ0v) is 12.3. The van der Waals surface area contributed by atoms with Crippen LogP contribution in [0.2, 0.25) is 0 Å². The second-order valence-corrected chi connectivity index (χ2v) is 5.81. The van der Waals surface area contributed by atoms with Gasteiger partial charge in [-0.1, -0.05) is 36.4 Å². The van der Waals surface area contributed by atoms with Crippen molar-refractivity contribution in [2.45, 2.75) is 31.2 Å². The van der Waals surface area contributed by atoms with Crippen LogP contribution < -0.4 is 0 Å². The van der Waals surface area contributed by atoms with Gasteiger partial charge < -0.3 is 9.84 Å². The van der Waals surface area contributed by atoms with Gasteiger partial charge in [0.25, 0.3) is 5.79 Å². The Morgan fingerprint density at radius 3 is 2.36 bits per heavy atom. The second-order valence-electron chi connectivity index (χ2n) is 5.81. The minimum Gasteiger partial charge on any atom is -0.358 e. The number of carbonyl (C=O) groups excluding carboxylic acids is 3. The van der Waals surface area contributed by atoms with Crippen molar-refractivity contribution in [3.8, 4) is 0 Å². The average Bonchev–Trinajstić information content (AvgIpc) is 2.98. The van der Waals surface area contributed by atoms with E-state index in [1.165, 1.54) is 6.08 Å². The Labute approximate surface area is 127 Å². The minimum atomic E-state index is -2.34. The van der Waals surface area contributed by atoms with Gasteiger partial charge in [0, 0.05) is 0 Å². The number of carbonyl (C=O) groups is 3. The largest absolute Gasteiger partial charge is 0.358 e. The van der Waals surface area contributed by atoms with Crippen molar-refractivity contribution in [2.24, 2.45) is 5.41 Å². The van der Waals surface area contributed by atoms with Crippen molar-refractivity contribution < 1.29 is 24.2 Å². The minimum absolute atomic E-state index is 0.574. The Balaban J connectivity index is 2.26. The molecule has 2 fully saturated rings. The van der Waals surface area contributed by atoms with Crippen LogP contribution in [0.25, 0.3) is 0 Å². The number of ether oxygens (including phenoxy) is 1. The van der Waals surface area contributed by atoms with E-state index >= 15 is 0 Å². The summed E-state index contributed by atoms with van der Waals surface area (Å²) in [6.07, 6.45) is 0.564. The van der Waals surface area contributed by atoms with Gasteiger partial charge >= 0.3 is 0 Å².